The number of ether oxygens (including phenoxy) is 1. The molecule has 0 unspecified atom stereocenters. The van der Waals surface area contributed by atoms with Crippen molar-refractivity contribution < 1.29 is 9.53 Å². The highest BCUT2D eigenvalue weighted by atomic mass is 16.6. The van der Waals surface area contributed by atoms with Gasteiger partial charge in [-0.2, -0.15) is 0 Å². The molecule has 0 radical (unpaired) electrons. The normalized spacial score (nSPS) is 27.2. The van der Waals surface area contributed by atoms with Crippen LogP contribution in [0.15, 0.2) is 30.3 Å². The van der Waals surface area contributed by atoms with Gasteiger partial charge < -0.3 is 10.1 Å². The number of rotatable bonds is 4. The maximum atomic E-state index is 12.0. The summed E-state index contributed by atoms with van der Waals surface area (Å²) in [4.78, 5) is 14.5. The van der Waals surface area contributed by atoms with Crippen molar-refractivity contribution in [3.63, 3.8) is 0 Å². The second-order valence-corrected chi connectivity index (χ2v) is 8.05. The second-order valence-electron chi connectivity index (χ2n) is 8.05. The summed E-state index contributed by atoms with van der Waals surface area (Å²) in [6, 6.07) is 10.6. The molecule has 3 fully saturated rings. The average Bonchev–Trinajstić information content (AvgIpc) is 2.44. The predicted octanol–water partition coefficient (Wildman–Crippen LogP) is 3.57. The van der Waals surface area contributed by atoms with Gasteiger partial charge in [0.25, 0.3) is 0 Å². The Morgan fingerprint density at radius 3 is 2.65 bits per heavy atom. The Hall–Kier alpha value is -1.55. The summed E-state index contributed by atoms with van der Waals surface area (Å²) in [5.74, 6) is 0.836. The first-order chi connectivity index (χ1) is 10.9. The molecule has 0 aromatic heterocycles. The third-order valence-corrected chi connectivity index (χ3v) is 4.99. The van der Waals surface area contributed by atoms with Gasteiger partial charge in [-0.05, 0) is 58.1 Å². The van der Waals surface area contributed by atoms with Crippen molar-refractivity contribution >= 4 is 6.09 Å². The zero-order chi connectivity index (χ0) is 16.5. The minimum atomic E-state index is -0.444. The number of carbonyl (C=O) groups is 1. The van der Waals surface area contributed by atoms with Gasteiger partial charge in [0.1, 0.15) is 5.60 Å². The summed E-state index contributed by atoms with van der Waals surface area (Å²) in [6.07, 6.45) is 3.35. The largest absolute Gasteiger partial charge is 0.444 e. The molecule has 0 spiro atoms. The molecule has 2 aliphatic heterocycles. The fourth-order valence-electron chi connectivity index (χ4n) is 3.91. The quantitative estimate of drug-likeness (QED) is 0.923. The van der Waals surface area contributed by atoms with Crippen LogP contribution in [0.25, 0.3) is 0 Å². The Labute approximate surface area is 139 Å². The lowest BCUT2D eigenvalue weighted by Gasteiger charge is -2.59. The summed E-state index contributed by atoms with van der Waals surface area (Å²) in [5.41, 5.74) is 1.02. The van der Waals surface area contributed by atoms with Crippen molar-refractivity contribution in [2.24, 2.45) is 5.92 Å². The van der Waals surface area contributed by atoms with Crippen LogP contribution in [0, 0.1) is 5.92 Å². The first-order valence-electron chi connectivity index (χ1n) is 8.62. The summed E-state index contributed by atoms with van der Waals surface area (Å²) in [6.45, 7) is 8.45. The highest BCUT2D eigenvalue weighted by molar-refractivity contribution is 5.67. The number of amides is 1. The lowest BCUT2D eigenvalue weighted by Crippen LogP contribution is -2.66. The van der Waals surface area contributed by atoms with Gasteiger partial charge in [0.15, 0.2) is 0 Å². The molecule has 1 saturated carbocycles. The highest BCUT2D eigenvalue weighted by Gasteiger charge is 2.51. The molecule has 2 heterocycles. The van der Waals surface area contributed by atoms with E-state index in [-0.39, 0.29) is 11.6 Å². The Kier molecular flexibility index (Phi) is 4.37. The molecule has 1 aromatic rings. The molecule has 4 nitrogen and oxygen atoms in total. The zero-order valence-electron chi connectivity index (χ0n) is 14.5. The Morgan fingerprint density at radius 2 is 2.00 bits per heavy atom. The SMILES string of the molecule is CC(C)(C)OC(=O)NCC12CC(CCN1Cc1ccccc1)C2. The van der Waals surface area contributed by atoms with Crippen molar-refractivity contribution in [2.75, 3.05) is 13.1 Å². The fraction of sp³-hybridized carbons (Fsp3) is 0.632. The van der Waals surface area contributed by atoms with Crippen LogP contribution < -0.4 is 5.32 Å². The molecule has 1 N–H and O–H groups in total. The minimum Gasteiger partial charge on any atom is -0.444 e. The van der Waals surface area contributed by atoms with Gasteiger partial charge in [0.05, 0.1) is 0 Å². The first-order valence-corrected chi connectivity index (χ1v) is 8.62. The zero-order valence-corrected chi connectivity index (χ0v) is 14.5. The van der Waals surface area contributed by atoms with Crippen molar-refractivity contribution in [3.8, 4) is 0 Å². The van der Waals surface area contributed by atoms with Crippen LogP contribution >= 0.6 is 0 Å². The summed E-state index contributed by atoms with van der Waals surface area (Å²) >= 11 is 0. The maximum Gasteiger partial charge on any atom is 0.407 e. The van der Waals surface area contributed by atoms with E-state index in [0.29, 0.717) is 6.54 Å². The van der Waals surface area contributed by atoms with Gasteiger partial charge in [-0.1, -0.05) is 30.3 Å². The number of hydrogen-bond donors (Lipinski definition) is 1. The Morgan fingerprint density at radius 1 is 1.30 bits per heavy atom. The number of fused-ring (bicyclic) bond motifs is 2. The van der Waals surface area contributed by atoms with E-state index in [1.807, 2.05) is 20.8 Å². The number of alkyl carbamates (subject to hydrolysis) is 1. The van der Waals surface area contributed by atoms with Gasteiger partial charge in [-0.25, -0.2) is 4.79 Å². The molecule has 4 heteroatoms. The smallest absolute Gasteiger partial charge is 0.407 e. The number of benzene rings is 1. The number of carbonyl (C=O) groups excluding carboxylic acids is 1. The van der Waals surface area contributed by atoms with E-state index in [9.17, 15) is 4.79 Å². The van der Waals surface area contributed by atoms with Crippen molar-refractivity contribution in [1.29, 1.82) is 0 Å². The van der Waals surface area contributed by atoms with Gasteiger partial charge in [-0.15, -0.1) is 0 Å². The van der Waals surface area contributed by atoms with E-state index < -0.39 is 5.60 Å². The van der Waals surface area contributed by atoms with Crippen LogP contribution in [0.2, 0.25) is 0 Å². The summed E-state index contributed by atoms with van der Waals surface area (Å²) < 4.78 is 5.38. The number of piperidine rings is 2. The van der Waals surface area contributed by atoms with E-state index in [1.54, 1.807) is 0 Å². The molecule has 4 rings (SSSR count). The van der Waals surface area contributed by atoms with E-state index in [1.165, 1.54) is 24.8 Å². The van der Waals surface area contributed by atoms with E-state index in [4.69, 9.17) is 4.74 Å². The average molecular weight is 316 g/mol. The van der Waals surface area contributed by atoms with Crippen LogP contribution in [0.1, 0.15) is 45.6 Å². The van der Waals surface area contributed by atoms with Crippen LogP contribution in [0.5, 0.6) is 0 Å². The molecule has 1 aliphatic carbocycles. The minimum absolute atomic E-state index is 0.121. The summed E-state index contributed by atoms with van der Waals surface area (Å²) in [5, 5.41) is 3.00. The molecule has 2 saturated heterocycles. The van der Waals surface area contributed by atoms with Crippen LogP contribution in [0.4, 0.5) is 4.79 Å². The standard InChI is InChI=1S/C19H28N2O2/c1-18(2,3)23-17(22)20-14-19-11-16(12-19)9-10-21(19)13-15-7-5-4-6-8-15/h4-8,16H,9-14H2,1-3H3,(H,20,22). The number of nitrogens with zero attached hydrogens (tertiary/aromatic N) is 1. The third kappa shape index (κ3) is 3.86. The molecule has 3 aliphatic rings. The van der Waals surface area contributed by atoms with Gasteiger partial charge >= 0.3 is 6.09 Å². The molecule has 0 atom stereocenters. The van der Waals surface area contributed by atoms with Crippen LogP contribution in [-0.4, -0.2) is 35.2 Å². The predicted molar refractivity (Wildman–Crippen MR) is 91.2 cm³/mol. The fourth-order valence-corrected chi connectivity index (χ4v) is 3.91. The Bertz CT molecular complexity index is 544. The summed E-state index contributed by atoms with van der Waals surface area (Å²) in [7, 11) is 0. The van der Waals surface area contributed by atoms with Crippen molar-refractivity contribution in [1.82, 2.24) is 10.2 Å². The maximum absolute atomic E-state index is 12.0. The molecule has 1 amide bonds. The van der Waals surface area contributed by atoms with Crippen LogP contribution in [0.3, 0.4) is 0 Å². The molecule has 1 aromatic carbocycles. The molecule has 126 valence electrons. The van der Waals surface area contributed by atoms with Gasteiger partial charge in [-0.3, -0.25) is 4.90 Å². The monoisotopic (exact) mass is 316 g/mol. The number of hydrogen-bond acceptors (Lipinski definition) is 3. The third-order valence-electron chi connectivity index (χ3n) is 4.99. The van der Waals surface area contributed by atoms with Crippen LogP contribution in [-0.2, 0) is 11.3 Å². The first kappa shape index (κ1) is 16.3. The van der Waals surface area contributed by atoms with Gasteiger partial charge in [0, 0.05) is 18.6 Å². The molecular formula is C19H28N2O2. The second kappa shape index (κ2) is 6.16. The van der Waals surface area contributed by atoms with Gasteiger partial charge in [0.2, 0.25) is 0 Å². The molecule has 2 bridgehead atoms. The van der Waals surface area contributed by atoms with Crippen molar-refractivity contribution in [3.05, 3.63) is 35.9 Å². The van der Waals surface area contributed by atoms with E-state index in [0.717, 1.165) is 19.0 Å². The van der Waals surface area contributed by atoms with Crippen molar-refractivity contribution in [2.45, 2.75) is 57.7 Å². The Balaban J connectivity index is 1.60. The lowest BCUT2D eigenvalue weighted by molar-refractivity contribution is -0.0811. The van der Waals surface area contributed by atoms with E-state index >= 15 is 0 Å². The van der Waals surface area contributed by atoms with E-state index in [2.05, 4.69) is 40.5 Å². The highest BCUT2D eigenvalue weighted by Crippen LogP contribution is 2.48. The number of nitrogens with one attached hydrogen (secondary N) is 1. The molecule has 23 heavy (non-hydrogen) atoms. The lowest BCUT2D eigenvalue weighted by atomic mass is 9.62. The topological polar surface area (TPSA) is 41.6 Å². The molecular weight excluding hydrogens is 288 g/mol.